The van der Waals surface area contributed by atoms with Crippen LogP contribution >= 0.6 is 11.8 Å². The summed E-state index contributed by atoms with van der Waals surface area (Å²) in [7, 11) is 0. The second-order valence-corrected chi connectivity index (χ2v) is 10.6. The average Bonchev–Trinajstić information content (AvgIpc) is 3.64. The molecule has 7 rings (SSSR count). The molecule has 4 heterocycles. The first-order chi connectivity index (χ1) is 16.9. The lowest BCUT2D eigenvalue weighted by Gasteiger charge is -2.46. The molecule has 2 aromatic carbocycles. The van der Waals surface area contributed by atoms with Crippen LogP contribution in [0.3, 0.4) is 0 Å². The van der Waals surface area contributed by atoms with E-state index in [-0.39, 0.29) is 23.7 Å². The first-order valence-corrected chi connectivity index (χ1v) is 12.6. The molecule has 1 aliphatic carbocycles. The van der Waals surface area contributed by atoms with Crippen molar-refractivity contribution in [1.29, 1.82) is 0 Å². The Morgan fingerprint density at radius 3 is 2.80 bits per heavy atom. The molecule has 1 atom stereocenters. The van der Waals surface area contributed by atoms with E-state index in [9.17, 15) is 19.1 Å². The lowest BCUT2D eigenvalue weighted by molar-refractivity contribution is -0.271. The lowest BCUT2D eigenvalue weighted by atomic mass is 9.92. The van der Waals surface area contributed by atoms with Gasteiger partial charge in [-0.05, 0) is 54.3 Å². The van der Waals surface area contributed by atoms with Gasteiger partial charge >= 0.3 is 0 Å². The molecule has 7 nitrogen and oxygen atoms in total. The monoisotopic (exact) mass is 490 g/mol. The molecule has 3 aliphatic heterocycles. The topological polar surface area (TPSA) is 86.6 Å². The highest BCUT2D eigenvalue weighted by molar-refractivity contribution is 7.98. The second-order valence-electron chi connectivity index (χ2n) is 9.60. The Morgan fingerprint density at radius 1 is 1.14 bits per heavy atom. The normalized spacial score (nSPS) is 21.3. The molecule has 0 radical (unpaired) electrons. The van der Waals surface area contributed by atoms with Crippen LogP contribution in [-0.2, 0) is 16.9 Å². The molecule has 35 heavy (non-hydrogen) atoms. The average molecular weight is 491 g/mol. The number of amides is 1. The zero-order valence-corrected chi connectivity index (χ0v) is 19.5. The third kappa shape index (κ3) is 3.14. The minimum absolute atomic E-state index is 0.206. The summed E-state index contributed by atoms with van der Waals surface area (Å²) in [6.45, 7) is 0.678. The number of fused-ring (bicyclic) bond motifs is 4. The smallest absolute Gasteiger partial charge is 0.273 e. The van der Waals surface area contributed by atoms with Crippen LogP contribution in [0, 0.1) is 5.82 Å². The Bertz CT molecular complexity index is 1480. The SMILES string of the molecule is O=C1c2c([O-])c(=O)cc(-c3ccc(F)c4c3Cc3ccccc3SC4)n2N[C@@H]2COC3(CC3)CN12. The van der Waals surface area contributed by atoms with Gasteiger partial charge in [0.05, 0.1) is 24.4 Å². The molecular weight excluding hydrogens is 469 g/mol. The van der Waals surface area contributed by atoms with Crippen molar-refractivity contribution in [2.45, 2.75) is 41.7 Å². The van der Waals surface area contributed by atoms with Crippen molar-refractivity contribution in [2.75, 3.05) is 18.6 Å². The number of carbonyl (C=O) groups excluding carboxylic acids is 1. The Hall–Kier alpha value is -3.30. The fourth-order valence-corrected chi connectivity index (χ4v) is 6.48. The van der Waals surface area contributed by atoms with Gasteiger partial charge in [0.15, 0.2) is 5.43 Å². The van der Waals surface area contributed by atoms with Crippen molar-refractivity contribution in [2.24, 2.45) is 0 Å². The molecule has 1 N–H and O–H groups in total. The van der Waals surface area contributed by atoms with E-state index < -0.39 is 23.3 Å². The predicted octanol–water partition coefficient (Wildman–Crippen LogP) is 2.81. The third-order valence-electron chi connectivity index (χ3n) is 7.46. The van der Waals surface area contributed by atoms with Crippen molar-refractivity contribution < 1.29 is 19.0 Å². The molecule has 0 unspecified atom stereocenters. The van der Waals surface area contributed by atoms with Crippen LogP contribution in [0.15, 0.2) is 52.2 Å². The van der Waals surface area contributed by atoms with Crippen LogP contribution in [0.25, 0.3) is 11.3 Å². The summed E-state index contributed by atoms with van der Waals surface area (Å²) in [5, 5.41) is 12.9. The number of benzene rings is 2. The highest BCUT2D eigenvalue weighted by Gasteiger charge is 2.52. The molecular formula is C26H21FN3O4S-. The number of aromatic nitrogens is 1. The van der Waals surface area contributed by atoms with E-state index in [1.165, 1.54) is 16.8 Å². The van der Waals surface area contributed by atoms with Crippen LogP contribution in [-0.4, -0.2) is 40.4 Å². The van der Waals surface area contributed by atoms with E-state index in [0.717, 1.165) is 28.9 Å². The molecule has 0 bridgehead atoms. The maximum atomic E-state index is 15.0. The molecule has 178 valence electrons. The van der Waals surface area contributed by atoms with Crippen molar-refractivity contribution in [1.82, 2.24) is 9.58 Å². The number of nitrogens with one attached hydrogen (secondary N) is 1. The van der Waals surface area contributed by atoms with Gasteiger partial charge in [0.1, 0.15) is 17.7 Å². The van der Waals surface area contributed by atoms with E-state index in [2.05, 4.69) is 5.43 Å². The van der Waals surface area contributed by atoms with E-state index >= 15 is 0 Å². The Balaban J connectivity index is 1.42. The fraction of sp³-hybridized carbons (Fsp3) is 0.308. The fourth-order valence-electron chi connectivity index (χ4n) is 5.37. The summed E-state index contributed by atoms with van der Waals surface area (Å²) in [6, 6.07) is 12.2. The molecule has 1 spiro atoms. The first kappa shape index (κ1) is 21.0. The molecule has 3 aromatic rings. The number of nitrogens with zero attached hydrogens (tertiary/aromatic N) is 2. The molecule has 4 aliphatic rings. The quantitative estimate of drug-likeness (QED) is 0.565. The zero-order chi connectivity index (χ0) is 23.9. The van der Waals surface area contributed by atoms with Gasteiger partial charge in [-0.1, -0.05) is 18.2 Å². The van der Waals surface area contributed by atoms with Crippen LogP contribution in [0.4, 0.5) is 4.39 Å². The van der Waals surface area contributed by atoms with E-state index in [1.807, 2.05) is 24.3 Å². The van der Waals surface area contributed by atoms with Gasteiger partial charge in [0.2, 0.25) is 0 Å². The van der Waals surface area contributed by atoms with Gasteiger partial charge in [0, 0.05) is 27.8 Å². The van der Waals surface area contributed by atoms with Gasteiger partial charge in [0.25, 0.3) is 5.91 Å². The number of halogens is 1. The lowest BCUT2D eigenvalue weighted by Crippen LogP contribution is -2.62. The highest BCUT2D eigenvalue weighted by atomic mass is 32.2. The number of rotatable bonds is 1. The second kappa shape index (κ2) is 7.35. The van der Waals surface area contributed by atoms with Crippen LogP contribution in [0.1, 0.15) is 40.0 Å². The summed E-state index contributed by atoms with van der Waals surface area (Å²) >= 11 is 1.57. The number of carbonyl (C=O) groups is 1. The summed E-state index contributed by atoms with van der Waals surface area (Å²) in [5.41, 5.74) is 5.35. The summed E-state index contributed by atoms with van der Waals surface area (Å²) < 4.78 is 22.4. The van der Waals surface area contributed by atoms with Crippen molar-refractivity contribution in [3.8, 4) is 17.0 Å². The Labute approximate surface area is 204 Å². The van der Waals surface area contributed by atoms with Crippen molar-refractivity contribution in [3.05, 3.63) is 80.9 Å². The highest BCUT2D eigenvalue weighted by Crippen LogP contribution is 2.45. The number of pyridine rings is 1. The number of hydrogen-bond acceptors (Lipinski definition) is 6. The van der Waals surface area contributed by atoms with Crippen LogP contribution in [0.5, 0.6) is 5.75 Å². The minimum atomic E-state index is -0.838. The maximum absolute atomic E-state index is 15.0. The molecule has 1 aromatic heterocycles. The molecule has 2 fully saturated rings. The standard InChI is InChI=1S/C26H22FN3O4S/c27-18-6-5-15(16-9-14-3-1-2-4-21(14)35-12-17(16)18)19-10-20(31)24(32)23-25(33)29-13-26(7-8-26)34-11-22(29)28-30(19)23/h1-6,10,22,28,32H,7-9,11-13H2/p-1/t22-/m0/s1. The third-order valence-corrected chi connectivity index (χ3v) is 8.61. The first-order valence-electron chi connectivity index (χ1n) is 11.6. The van der Waals surface area contributed by atoms with Crippen molar-refractivity contribution >= 4 is 17.7 Å². The van der Waals surface area contributed by atoms with Gasteiger partial charge in [-0.25, -0.2) is 4.39 Å². The van der Waals surface area contributed by atoms with Gasteiger partial charge in [-0.15, -0.1) is 11.8 Å². The van der Waals surface area contributed by atoms with E-state index in [4.69, 9.17) is 4.74 Å². The van der Waals surface area contributed by atoms with Gasteiger partial charge in [-0.3, -0.25) is 14.3 Å². The van der Waals surface area contributed by atoms with Crippen LogP contribution < -0.4 is 16.0 Å². The van der Waals surface area contributed by atoms with Crippen LogP contribution in [0.2, 0.25) is 0 Å². The molecule has 1 saturated heterocycles. The Morgan fingerprint density at radius 2 is 1.97 bits per heavy atom. The summed E-state index contributed by atoms with van der Waals surface area (Å²) in [4.78, 5) is 29.0. The predicted molar refractivity (Wildman–Crippen MR) is 126 cm³/mol. The number of ether oxygens (including phenoxy) is 1. The minimum Gasteiger partial charge on any atom is -0.868 e. The van der Waals surface area contributed by atoms with E-state index in [0.29, 0.717) is 35.5 Å². The van der Waals surface area contributed by atoms with Gasteiger partial charge < -0.3 is 20.2 Å². The number of morpholine rings is 1. The largest absolute Gasteiger partial charge is 0.868 e. The van der Waals surface area contributed by atoms with E-state index in [1.54, 1.807) is 22.7 Å². The molecule has 9 heteroatoms. The Kier molecular flexibility index (Phi) is 4.41. The number of thioether (sulfide) groups is 1. The number of hydrogen-bond donors (Lipinski definition) is 1. The molecule has 1 saturated carbocycles. The maximum Gasteiger partial charge on any atom is 0.273 e. The van der Waals surface area contributed by atoms with Crippen molar-refractivity contribution in [3.63, 3.8) is 0 Å². The summed E-state index contributed by atoms with van der Waals surface area (Å²) in [6.07, 6.45) is 1.77. The van der Waals surface area contributed by atoms with Gasteiger partial charge in [-0.2, -0.15) is 0 Å². The molecule has 1 amide bonds. The zero-order valence-electron chi connectivity index (χ0n) is 18.7. The summed E-state index contributed by atoms with van der Waals surface area (Å²) in [5.74, 6) is -1.17.